The summed E-state index contributed by atoms with van der Waals surface area (Å²) in [5, 5.41) is 3.66. The van der Waals surface area contributed by atoms with E-state index in [9.17, 15) is 9.59 Å². The maximum Gasteiger partial charge on any atom is 0.265 e. The van der Waals surface area contributed by atoms with E-state index < -0.39 is 6.10 Å². The summed E-state index contributed by atoms with van der Waals surface area (Å²) in [7, 11) is 0. The van der Waals surface area contributed by atoms with E-state index in [1.807, 2.05) is 63.2 Å². The molecule has 1 unspecified atom stereocenters. The number of amides is 1. The number of carbonyl (C=O) groups excluding carboxylic acids is 1. The van der Waals surface area contributed by atoms with Gasteiger partial charge in [0.2, 0.25) is 11.2 Å². The zero-order chi connectivity index (χ0) is 27.1. The lowest BCUT2D eigenvalue weighted by Crippen LogP contribution is -2.32. The van der Waals surface area contributed by atoms with Crippen LogP contribution in [0.4, 0.5) is 5.69 Å². The molecule has 0 bridgehead atoms. The normalized spacial score (nSPS) is 12.4. The van der Waals surface area contributed by atoms with Gasteiger partial charge in [-0.1, -0.05) is 68.8 Å². The lowest BCUT2D eigenvalue weighted by molar-refractivity contribution is -0.122. The fourth-order valence-corrected chi connectivity index (χ4v) is 4.23. The third-order valence-electron chi connectivity index (χ3n) is 6.67. The Hall–Kier alpha value is -3.57. The monoisotopic (exact) mass is 517 g/mol. The van der Waals surface area contributed by atoms with Gasteiger partial charge < -0.3 is 14.5 Å². The molecular formula is C31H32ClNO4. The molecule has 4 rings (SSSR count). The quantitative estimate of drug-likeness (QED) is 0.294. The lowest BCUT2D eigenvalue weighted by atomic mass is 9.86. The van der Waals surface area contributed by atoms with Gasteiger partial charge in [-0.2, -0.15) is 0 Å². The van der Waals surface area contributed by atoms with Gasteiger partial charge in [0.15, 0.2) is 11.9 Å². The molecular weight excluding hydrogens is 486 g/mol. The second kappa shape index (κ2) is 10.1. The van der Waals surface area contributed by atoms with Gasteiger partial charge in [0.05, 0.1) is 5.39 Å². The minimum Gasteiger partial charge on any atom is -0.473 e. The predicted octanol–water partition coefficient (Wildman–Crippen LogP) is 7.74. The molecule has 4 aromatic rings. The molecule has 5 nitrogen and oxygen atoms in total. The highest BCUT2D eigenvalue weighted by Crippen LogP contribution is 2.34. The van der Waals surface area contributed by atoms with Gasteiger partial charge in [0, 0.05) is 16.3 Å². The number of aryl methyl sites for hydroxylation is 2. The Morgan fingerprint density at radius 1 is 1.00 bits per heavy atom. The van der Waals surface area contributed by atoms with E-state index in [0.717, 1.165) is 22.3 Å². The van der Waals surface area contributed by atoms with Gasteiger partial charge in [0.1, 0.15) is 5.58 Å². The fraction of sp³-hybridized carbons (Fsp3) is 0.290. The van der Waals surface area contributed by atoms with Crippen LogP contribution in [0.25, 0.3) is 22.3 Å². The van der Waals surface area contributed by atoms with E-state index in [1.165, 1.54) is 0 Å². The van der Waals surface area contributed by atoms with Crippen LogP contribution < -0.4 is 15.5 Å². The minimum atomic E-state index is -0.964. The van der Waals surface area contributed by atoms with E-state index in [4.69, 9.17) is 20.8 Å². The summed E-state index contributed by atoms with van der Waals surface area (Å²) in [6.45, 7) is 13.8. The van der Waals surface area contributed by atoms with Crippen molar-refractivity contribution in [3.63, 3.8) is 0 Å². The molecule has 0 saturated heterocycles. The third-order valence-corrected chi connectivity index (χ3v) is 7.08. The molecule has 0 fully saturated rings. The fourth-order valence-electron chi connectivity index (χ4n) is 4.07. The Labute approximate surface area is 222 Å². The number of ether oxygens (including phenoxy) is 1. The molecule has 3 aromatic carbocycles. The first-order valence-corrected chi connectivity index (χ1v) is 12.7. The van der Waals surface area contributed by atoms with Crippen molar-refractivity contribution in [2.24, 2.45) is 0 Å². The average molecular weight is 518 g/mol. The largest absolute Gasteiger partial charge is 0.473 e. The van der Waals surface area contributed by atoms with Gasteiger partial charge in [-0.15, -0.1) is 0 Å². The van der Waals surface area contributed by atoms with Crippen molar-refractivity contribution >= 4 is 34.2 Å². The van der Waals surface area contributed by atoms with Gasteiger partial charge in [-0.25, -0.2) is 0 Å². The van der Waals surface area contributed by atoms with Gasteiger partial charge in [-0.3, -0.25) is 9.59 Å². The number of hydrogen-bond donors (Lipinski definition) is 1. The highest BCUT2D eigenvalue weighted by Gasteiger charge is 2.24. The summed E-state index contributed by atoms with van der Waals surface area (Å²) in [6.07, 6.45) is -0.964. The summed E-state index contributed by atoms with van der Waals surface area (Å²) in [5.41, 5.74) is 5.34. The van der Waals surface area contributed by atoms with Crippen molar-refractivity contribution in [3.8, 4) is 17.1 Å². The van der Waals surface area contributed by atoms with Crippen molar-refractivity contribution in [2.75, 3.05) is 5.32 Å². The van der Waals surface area contributed by atoms with Crippen molar-refractivity contribution in [2.45, 2.75) is 60.0 Å². The zero-order valence-electron chi connectivity index (χ0n) is 22.3. The number of hydrogen-bond acceptors (Lipinski definition) is 4. The number of anilines is 1. The molecule has 0 saturated carbocycles. The van der Waals surface area contributed by atoms with Gasteiger partial charge in [-0.05, 0) is 73.6 Å². The molecule has 37 heavy (non-hydrogen) atoms. The highest BCUT2D eigenvalue weighted by atomic mass is 35.5. The summed E-state index contributed by atoms with van der Waals surface area (Å²) in [5.74, 6) is -0.130. The van der Waals surface area contributed by atoms with Crippen LogP contribution >= 0.6 is 11.6 Å². The van der Waals surface area contributed by atoms with Crippen LogP contribution in [0.1, 0.15) is 49.9 Å². The first kappa shape index (κ1) is 26.5. The number of halogens is 1. The zero-order valence-corrected chi connectivity index (χ0v) is 23.0. The number of fused-ring (bicyclic) bond motifs is 1. The molecule has 192 valence electrons. The molecule has 0 spiro atoms. The number of benzene rings is 3. The molecule has 6 heteroatoms. The summed E-state index contributed by atoms with van der Waals surface area (Å²) in [6, 6.07) is 16.8. The molecule has 1 atom stereocenters. The molecule has 1 N–H and O–H groups in total. The Kier molecular flexibility index (Phi) is 7.20. The van der Waals surface area contributed by atoms with E-state index in [2.05, 4.69) is 26.1 Å². The number of rotatable bonds is 5. The first-order valence-electron chi connectivity index (χ1n) is 12.3. The van der Waals surface area contributed by atoms with E-state index >= 15 is 0 Å². The van der Waals surface area contributed by atoms with Crippen LogP contribution in [0.15, 0.2) is 63.8 Å². The standard InChI is InChI=1S/C31H32ClNO4/c1-17-9-8-10-25(19(17)3)33-30(35)20(4)36-29-27(34)23-16-24(32)18(2)15-26(23)37-28(29)21-11-13-22(14-12-21)31(5,6)7/h8-16,20H,1-7H3,(H,33,35). The van der Waals surface area contributed by atoms with E-state index in [1.54, 1.807) is 19.1 Å². The van der Waals surface area contributed by atoms with Crippen LogP contribution in [0, 0.1) is 20.8 Å². The van der Waals surface area contributed by atoms with E-state index in [-0.39, 0.29) is 28.3 Å². The van der Waals surface area contributed by atoms with E-state index in [0.29, 0.717) is 27.2 Å². The van der Waals surface area contributed by atoms with Crippen LogP contribution in [0.2, 0.25) is 5.02 Å². The maximum atomic E-state index is 13.7. The Bertz CT molecular complexity index is 1550. The van der Waals surface area contributed by atoms with Crippen LogP contribution in [-0.2, 0) is 10.2 Å². The lowest BCUT2D eigenvalue weighted by Gasteiger charge is -2.20. The summed E-state index contributed by atoms with van der Waals surface area (Å²) < 4.78 is 12.3. The molecule has 1 aromatic heterocycles. The number of nitrogens with one attached hydrogen (secondary N) is 1. The minimum absolute atomic E-state index is 0.0282. The number of carbonyl (C=O) groups is 1. The van der Waals surface area contributed by atoms with Crippen molar-refractivity contribution in [3.05, 3.63) is 92.1 Å². The van der Waals surface area contributed by atoms with Crippen LogP contribution in [0.5, 0.6) is 5.75 Å². The molecule has 0 aliphatic heterocycles. The third kappa shape index (κ3) is 5.42. The van der Waals surface area contributed by atoms with Gasteiger partial charge in [0.25, 0.3) is 5.91 Å². The first-order chi connectivity index (χ1) is 17.4. The molecule has 0 aliphatic rings. The predicted molar refractivity (Wildman–Crippen MR) is 151 cm³/mol. The molecule has 1 amide bonds. The van der Waals surface area contributed by atoms with Gasteiger partial charge >= 0.3 is 0 Å². The Morgan fingerprint density at radius 3 is 2.32 bits per heavy atom. The van der Waals surface area contributed by atoms with Crippen LogP contribution in [0.3, 0.4) is 0 Å². The van der Waals surface area contributed by atoms with Crippen molar-refractivity contribution < 1.29 is 13.9 Å². The molecule has 0 aliphatic carbocycles. The molecule has 0 radical (unpaired) electrons. The summed E-state index contributed by atoms with van der Waals surface area (Å²) in [4.78, 5) is 26.7. The highest BCUT2D eigenvalue weighted by molar-refractivity contribution is 6.32. The molecule has 1 heterocycles. The average Bonchev–Trinajstić information content (AvgIpc) is 2.84. The second-order valence-electron chi connectivity index (χ2n) is 10.5. The van der Waals surface area contributed by atoms with Crippen molar-refractivity contribution in [1.29, 1.82) is 0 Å². The maximum absolute atomic E-state index is 13.7. The van der Waals surface area contributed by atoms with Crippen LogP contribution in [-0.4, -0.2) is 12.0 Å². The second-order valence-corrected chi connectivity index (χ2v) is 10.9. The topological polar surface area (TPSA) is 68.5 Å². The Morgan fingerprint density at radius 2 is 1.68 bits per heavy atom. The van der Waals surface area contributed by atoms with Crippen molar-refractivity contribution in [1.82, 2.24) is 0 Å². The SMILES string of the molecule is Cc1cc2oc(-c3ccc(C(C)(C)C)cc3)c(OC(C)C(=O)Nc3cccc(C)c3C)c(=O)c2cc1Cl. The Balaban J connectivity index is 1.78. The summed E-state index contributed by atoms with van der Waals surface area (Å²) >= 11 is 6.32. The smallest absolute Gasteiger partial charge is 0.265 e.